The van der Waals surface area contributed by atoms with Crippen molar-refractivity contribution in [3.63, 3.8) is 0 Å². The maximum Gasteiger partial charge on any atom is 0.478 e. The predicted octanol–water partition coefficient (Wildman–Crippen LogP) is 1.95. The van der Waals surface area contributed by atoms with Crippen molar-refractivity contribution >= 4 is 12.9 Å². The molecule has 0 atom stereocenters. The van der Waals surface area contributed by atoms with Crippen LogP contribution in [0, 0.1) is 0 Å². The quantitative estimate of drug-likeness (QED) is 0.376. The summed E-state index contributed by atoms with van der Waals surface area (Å²) >= 11 is 0. The summed E-state index contributed by atoms with van der Waals surface area (Å²) in [7, 11) is 1.17. The third kappa shape index (κ3) is 7.18. The average molecular weight is 181 g/mol. The number of methoxy groups -OCH3 is 1. The Morgan fingerprint density at radius 2 is 2.08 bits per heavy atom. The highest BCUT2D eigenvalue weighted by molar-refractivity contribution is 6.58. The zero-order valence-electron chi connectivity index (χ0n) is 6.60. The zero-order valence-corrected chi connectivity index (χ0v) is 6.60. The maximum atomic E-state index is 11.6. The number of esters is 1. The van der Waals surface area contributed by atoms with E-state index in [1.54, 1.807) is 0 Å². The van der Waals surface area contributed by atoms with Crippen LogP contribution in [0.5, 0.6) is 0 Å². The number of halogens is 3. The van der Waals surface area contributed by atoms with Gasteiger partial charge in [0.1, 0.15) is 0 Å². The fraction of sp³-hybridized carbons (Fsp3) is 0.500. The van der Waals surface area contributed by atoms with Crippen LogP contribution in [0.1, 0.15) is 6.42 Å². The Bertz CT molecular complexity index is 176. The molecule has 0 saturated heterocycles. The van der Waals surface area contributed by atoms with E-state index < -0.39 is 19.3 Å². The minimum absolute atomic E-state index is 0.168. The molecular formula is C6H9BF3O2-. The van der Waals surface area contributed by atoms with E-state index in [-0.39, 0.29) is 6.42 Å². The van der Waals surface area contributed by atoms with Crippen molar-refractivity contribution in [3.05, 3.63) is 12.2 Å². The smallest absolute Gasteiger partial charge is 0.466 e. The second-order valence-corrected chi connectivity index (χ2v) is 2.21. The molecule has 0 aromatic rings. The topological polar surface area (TPSA) is 26.3 Å². The largest absolute Gasteiger partial charge is 0.478 e. The van der Waals surface area contributed by atoms with Gasteiger partial charge in [0.2, 0.25) is 0 Å². The first-order chi connectivity index (χ1) is 5.45. The van der Waals surface area contributed by atoms with Crippen LogP contribution in [-0.2, 0) is 9.53 Å². The van der Waals surface area contributed by atoms with Gasteiger partial charge in [0, 0.05) is 6.08 Å². The van der Waals surface area contributed by atoms with Gasteiger partial charge >= 0.3 is 12.9 Å². The van der Waals surface area contributed by atoms with Gasteiger partial charge in [0.25, 0.3) is 0 Å². The summed E-state index contributed by atoms with van der Waals surface area (Å²) < 4.78 is 38.9. The first-order valence-corrected chi connectivity index (χ1v) is 3.41. The molecule has 0 saturated carbocycles. The summed E-state index contributed by atoms with van der Waals surface area (Å²) in [6.07, 6.45) is 1.12. The molecule has 6 heteroatoms. The Morgan fingerprint density at radius 3 is 2.50 bits per heavy atom. The second kappa shape index (κ2) is 4.85. The van der Waals surface area contributed by atoms with E-state index in [1.165, 1.54) is 7.11 Å². The van der Waals surface area contributed by atoms with Crippen molar-refractivity contribution < 1.29 is 22.5 Å². The van der Waals surface area contributed by atoms with Crippen LogP contribution in [0.15, 0.2) is 12.2 Å². The molecule has 0 N–H and O–H groups in total. The van der Waals surface area contributed by atoms with Crippen LogP contribution >= 0.6 is 0 Å². The molecule has 0 aliphatic heterocycles. The van der Waals surface area contributed by atoms with E-state index in [9.17, 15) is 17.7 Å². The normalized spacial score (nSPS) is 12.0. The molecule has 0 aliphatic carbocycles. The summed E-state index contributed by atoms with van der Waals surface area (Å²) in [4.78, 5) is 10.4. The Labute approximate surface area is 68.5 Å². The van der Waals surface area contributed by atoms with Gasteiger partial charge in [-0.2, -0.15) is 0 Å². The number of hydrogen-bond donors (Lipinski definition) is 0. The third-order valence-electron chi connectivity index (χ3n) is 1.12. The minimum atomic E-state index is -4.74. The Kier molecular flexibility index (Phi) is 4.47. The van der Waals surface area contributed by atoms with Gasteiger partial charge in [-0.3, -0.25) is 0 Å². The monoisotopic (exact) mass is 181 g/mol. The van der Waals surface area contributed by atoms with Crippen molar-refractivity contribution in [3.8, 4) is 0 Å². The molecule has 0 amide bonds. The molecule has 0 rings (SSSR count). The summed E-state index contributed by atoms with van der Waals surface area (Å²) in [5.74, 6) is -0.635. The first-order valence-electron chi connectivity index (χ1n) is 3.41. The van der Waals surface area contributed by atoms with Crippen LogP contribution in [-0.4, -0.2) is 20.1 Å². The number of rotatable bonds is 4. The summed E-state index contributed by atoms with van der Waals surface area (Å²) in [6.45, 7) is -4.74. The van der Waals surface area contributed by atoms with E-state index in [1.807, 2.05) is 0 Å². The Hall–Kier alpha value is -0.935. The number of carbonyl (C=O) groups excluding carboxylic acids is 1. The van der Waals surface area contributed by atoms with Crippen molar-refractivity contribution in [1.29, 1.82) is 0 Å². The predicted molar refractivity (Wildman–Crippen MR) is 39.7 cm³/mol. The molecule has 12 heavy (non-hydrogen) atoms. The van der Waals surface area contributed by atoms with E-state index >= 15 is 0 Å². The fourth-order valence-corrected chi connectivity index (χ4v) is 0.533. The highest BCUT2D eigenvalue weighted by Crippen LogP contribution is 2.16. The molecule has 2 nitrogen and oxygen atoms in total. The standard InChI is InChI=1S/C6H9BF3O2/c1-12-6(11)4-2-3-5-7(8,9)10/h2,4H,3,5H2,1H3/q-1/b4-2+. The fourth-order valence-electron chi connectivity index (χ4n) is 0.533. The highest BCUT2D eigenvalue weighted by atomic mass is 19.4. The van der Waals surface area contributed by atoms with Gasteiger partial charge in [0.15, 0.2) is 0 Å². The van der Waals surface area contributed by atoms with Gasteiger partial charge in [-0.1, -0.05) is 18.8 Å². The van der Waals surface area contributed by atoms with E-state index in [0.717, 1.165) is 12.2 Å². The van der Waals surface area contributed by atoms with Crippen LogP contribution < -0.4 is 0 Å². The molecular weight excluding hydrogens is 172 g/mol. The molecule has 0 radical (unpaired) electrons. The van der Waals surface area contributed by atoms with Gasteiger partial charge in [-0.15, -0.1) is 0 Å². The van der Waals surface area contributed by atoms with E-state index in [2.05, 4.69) is 4.74 Å². The SMILES string of the molecule is COC(=O)/C=C/CC[B-](F)(F)F. The molecule has 0 unspecified atom stereocenters. The molecule has 0 bridgehead atoms. The number of allylic oxidation sites excluding steroid dienone is 1. The lowest BCUT2D eigenvalue weighted by atomic mass is 9.84. The number of ether oxygens (including phenoxy) is 1. The van der Waals surface area contributed by atoms with Crippen LogP contribution in [0.4, 0.5) is 12.9 Å². The van der Waals surface area contributed by atoms with Crippen molar-refractivity contribution in [2.24, 2.45) is 0 Å². The first kappa shape index (κ1) is 11.1. The molecule has 0 spiro atoms. The second-order valence-electron chi connectivity index (χ2n) is 2.21. The van der Waals surface area contributed by atoms with Crippen LogP contribution in [0.2, 0.25) is 6.32 Å². The molecule has 0 heterocycles. The van der Waals surface area contributed by atoms with Crippen LogP contribution in [0.3, 0.4) is 0 Å². The molecule has 0 fully saturated rings. The Balaban J connectivity index is 3.56. The lowest BCUT2D eigenvalue weighted by molar-refractivity contribution is -0.134. The minimum Gasteiger partial charge on any atom is -0.466 e. The highest BCUT2D eigenvalue weighted by Gasteiger charge is 2.20. The molecule has 0 aliphatic rings. The number of hydrogen-bond acceptors (Lipinski definition) is 2. The van der Waals surface area contributed by atoms with Gasteiger partial charge in [0.05, 0.1) is 7.11 Å². The Morgan fingerprint density at radius 1 is 1.50 bits per heavy atom. The molecule has 70 valence electrons. The third-order valence-corrected chi connectivity index (χ3v) is 1.12. The van der Waals surface area contributed by atoms with Gasteiger partial charge < -0.3 is 17.7 Å². The van der Waals surface area contributed by atoms with Gasteiger partial charge in [-0.05, 0) is 0 Å². The van der Waals surface area contributed by atoms with E-state index in [4.69, 9.17) is 0 Å². The van der Waals surface area contributed by atoms with E-state index in [0.29, 0.717) is 0 Å². The lowest BCUT2D eigenvalue weighted by Crippen LogP contribution is -2.12. The number of carbonyl (C=O) groups is 1. The zero-order chi connectivity index (χ0) is 9.61. The van der Waals surface area contributed by atoms with Crippen molar-refractivity contribution in [1.82, 2.24) is 0 Å². The van der Waals surface area contributed by atoms with Crippen molar-refractivity contribution in [2.75, 3.05) is 7.11 Å². The molecule has 0 aromatic heterocycles. The van der Waals surface area contributed by atoms with Crippen LogP contribution in [0.25, 0.3) is 0 Å². The van der Waals surface area contributed by atoms with Crippen molar-refractivity contribution in [2.45, 2.75) is 12.7 Å². The molecule has 0 aromatic carbocycles. The summed E-state index contributed by atoms with van der Waals surface area (Å²) in [5.41, 5.74) is 0. The average Bonchev–Trinajstić information content (AvgIpc) is 1.96. The maximum absolute atomic E-state index is 11.6. The summed E-state index contributed by atoms with van der Waals surface area (Å²) in [5, 5.41) is 0. The summed E-state index contributed by atoms with van der Waals surface area (Å²) in [6, 6.07) is 0. The van der Waals surface area contributed by atoms with Gasteiger partial charge in [-0.25, -0.2) is 4.79 Å². The lowest BCUT2D eigenvalue weighted by Gasteiger charge is -2.10.